The largest absolute Gasteiger partial charge is 0.368 e. The van der Waals surface area contributed by atoms with Crippen LogP contribution in [-0.2, 0) is 0 Å². The van der Waals surface area contributed by atoms with Crippen molar-refractivity contribution in [2.45, 2.75) is 6.92 Å². The lowest BCUT2D eigenvalue weighted by Gasteiger charge is -2.00. The molecular weight excluding hydrogens is 86.1 g/mol. The monoisotopic (exact) mass is 94.1 g/mol. The average molecular weight is 94.1 g/mol. The quantitative estimate of drug-likeness (QED) is 0.475. The maximum Gasteiger partial charge on any atom is 0.0110 e. The fourth-order valence-corrected chi connectivity index (χ4v) is 0.483. The molecule has 1 aliphatic rings. The molecule has 0 atom stereocenters. The lowest BCUT2D eigenvalue weighted by atomic mass is 10.2. The van der Waals surface area contributed by atoms with Crippen LogP contribution in [0, 0.1) is 6.42 Å². The topological polar surface area (TPSA) is 12.0 Å². The van der Waals surface area contributed by atoms with Gasteiger partial charge in [-0.2, -0.15) is 0 Å². The lowest BCUT2D eigenvalue weighted by molar-refractivity contribution is 1.12. The first-order valence-electron chi connectivity index (χ1n) is 2.32. The van der Waals surface area contributed by atoms with Crippen LogP contribution in [0.15, 0.2) is 24.0 Å². The summed E-state index contributed by atoms with van der Waals surface area (Å²) in [6.45, 7) is 2.05. The third kappa shape index (κ3) is 1.07. The van der Waals surface area contributed by atoms with E-state index in [0.29, 0.717) is 0 Å². The molecule has 0 aromatic carbocycles. The Morgan fingerprint density at radius 2 is 2.43 bits per heavy atom. The SMILES string of the molecule is CC1=CNC=C[CH]1. The van der Waals surface area contributed by atoms with Crippen LogP contribution < -0.4 is 5.32 Å². The Kier molecular flexibility index (Phi) is 1.16. The Balaban J connectivity index is 2.50. The highest BCUT2D eigenvalue weighted by molar-refractivity contribution is 5.22. The maximum absolute atomic E-state index is 2.96. The van der Waals surface area contributed by atoms with Crippen LogP contribution in [0.25, 0.3) is 0 Å². The zero-order valence-electron chi connectivity index (χ0n) is 4.31. The number of dihydropyridines is 1. The summed E-state index contributed by atoms with van der Waals surface area (Å²) in [5.41, 5.74) is 1.27. The summed E-state index contributed by atoms with van der Waals surface area (Å²) in [5.74, 6) is 0. The summed E-state index contributed by atoms with van der Waals surface area (Å²) in [4.78, 5) is 0. The first kappa shape index (κ1) is 4.44. The van der Waals surface area contributed by atoms with Gasteiger partial charge < -0.3 is 5.32 Å². The third-order valence-electron chi connectivity index (χ3n) is 0.863. The standard InChI is InChI=1S/C6H8N/c1-6-3-2-4-7-5-6/h2-5,7H,1H3. The van der Waals surface area contributed by atoms with Gasteiger partial charge >= 0.3 is 0 Å². The lowest BCUT2D eigenvalue weighted by Crippen LogP contribution is -1.98. The van der Waals surface area contributed by atoms with Crippen LogP contribution in [0.4, 0.5) is 0 Å². The van der Waals surface area contributed by atoms with Gasteiger partial charge in [0.05, 0.1) is 0 Å². The molecule has 0 saturated carbocycles. The Morgan fingerprint density at radius 3 is 2.71 bits per heavy atom. The van der Waals surface area contributed by atoms with Crippen LogP contribution in [0.3, 0.4) is 0 Å². The van der Waals surface area contributed by atoms with E-state index < -0.39 is 0 Å². The minimum Gasteiger partial charge on any atom is -0.368 e. The van der Waals surface area contributed by atoms with Crippen LogP contribution in [0.1, 0.15) is 6.92 Å². The van der Waals surface area contributed by atoms with E-state index in [9.17, 15) is 0 Å². The summed E-state index contributed by atoms with van der Waals surface area (Å²) < 4.78 is 0. The van der Waals surface area contributed by atoms with E-state index in [-0.39, 0.29) is 0 Å². The van der Waals surface area contributed by atoms with Gasteiger partial charge in [-0.3, -0.25) is 0 Å². The third-order valence-corrected chi connectivity index (χ3v) is 0.863. The zero-order valence-corrected chi connectivity index (χ0v) is 4.31. The molecule has 1 radical (unpaired) electrons. The molecule has 0 unspecified atom stereocenters. The Bertz CT molecular complexity index is 111. The number of allylic oxidation sites excluding steroid dienone is 2. The molecule has 0 aromatic rings. The molecule has 0 aromatic heterocycles. The molecule has 1 heteroatoms. The smallest absolute Gasteiger partial charge is 0.0110 e. The molecule has 0 aliphatic carbocycles. The first-order valence-corrected chi connectivity index (χ1v) is 2.32. The van der Waals surface area contributed by atoms with Gasteiger partial charge in [-0.05, 0) is 24.9 Å². The molecule has 1 rings (SSSR count). The van der Waals surface area contributed by atoms with Crippen molar-refractivity contribution in [3.8, 4) is 0 Å². The van der Waals surface area contributed by atoms with Crippen molar-refractivity contribution in [2.75, 3.05) is 0 Å². The van der Waals surface area contributed by atoms with Crippen molar-refractivity contribution in [3.05, 3.63) is 30.5 Å². The van der Waals surface area contributed by atoms with E-state index in [2.05, 4.69) is 18.7 Å². The summed E-state index contributed by atoms with van der Waals surface area (Å²) >= 11 is 0. The van der Waals surface area contributed by atoms with Gasteiger partial charge in [-0.15, -0.1) is 0 Å². The summed E-state index contributed by atoms with van der Waals surface area (Å²) in [7, 11) is 0. The van der Waals surface area contributed by atoms with Gasteiger partial charge in [0.15, 0.2) is 0 Å². The van der Waals surface area contributed by atoms with Crippen LogP contribution in [-0.4, -0.2) is 0 Å². The minimum atomic E-state index is 1.27. The predicted octanol–water partition coefficient (Wildman–Crippen LogP) is 1.21. The van der Waals surface area contributed by atoms with Gasteiger partial charge in [-0.25, -0.2) is 0 Å². The molecule has 0 amide bonds. The van der Waals surface area contributed by atoms with Crippen molar-refractivity contribution in [3.63, 3.8) is 0 Å². The van der Waals surface area contributed by atoms with E-state index >= 15 is 0 Å². The second kappa shape index (κ2) is 1.82. The van der Waals surface area contributed by atoms with E-state index in [0.717, 1.165) is 0 Å². The van der Waals surface area contributed by atoms with Crippen molar-refractivity contribution >= 4 is 0 Å². The van der Waals surface area contributed by atoms with Crippen molar-refractivity contribution in [2.24, 2.45) is 0 Å². The van der Waals surface area contributed by atoms with Gasteiger partial charge in [0.25, 0.3) is 0 Å². The van der Waals surface area contributed by atoms with Gasteiger partial charge in [0.1, 0.15) is 0 Å². The van der Waals surface area contributed by atoms with E-state index in [1.54, 1.807) is 0 Å². The molecule has 37 valence electrons. The molecule has 0 saturated heterocycles. The highest BCUT2D eigenvalue weighted by Gasteiger charge is 1.86. The number of hydrogen-bond donors (Lipinski definition) is 1. The van der Waals surface area contributed by atoms with Crippen LogP contribution >= 0.6 is 0 Å². The zero-order chi connectivity index (χ0) is 5.11. The summed E-state index contributed by atoms with van der Waals surface area (Å²) in [6, 6.07) is 0. The van der Waals surface area contributed by atoms with E-state index in [1.165, 1.54) is 5.57 Å². The summed E-state index contributed by atoms with van der Waals surface area (Å²) in [5, 5.41) is 2.96. The van der Waals surface area contributed by atoms with Crippen LogP contribution in [0.2, 0.25) is 0 Å². The van der Waals surface area contributed by atoms with E-state index in [1.807, 2.05) is 18.5 Å². The Morgan fingerprint density at radius 1 is 1.57 bits per heavy atom. The normalized spacial score (nSPS) is 18.1. The number of nitrogens with one attached hydrogen (secondary N) is 1. The average Bonchev–Trinajstić information content (AvgIpc) is 1.69. The molecule has 1 aliphatic heterocycles. The number of hydrogen-bond acceptors (Lipinski definition) is 1. The predicted molar refractivity (Wildman–Crippen MR) is 30.3 cm³/mol. The number of rotatable bonds is 0. The fraction of sp³-hybridized carbons (Fsp3) is 0.167. The second-order valence-corrected chi connectivity index (χ2v) is 1.58. The molecule has 1 N–H and O–H groups in total. The summed E-state index contributed by atoms with van der Waals surface area (Å²) in [6.07, 6.45) is 7.89. The van der Waals surface area contributed by atoms with Crippen molar-refractivity contribution in [1.29, 1.82) is 0 Å². The Labute approximate surface area is 43.7 Å². The highest BCUT2D eigenvalue weighted by Crippen LogP contribution is 1.99. The van der Waals surface area contributed by atoms with Crippen molar-refractivity contribution < 1.29 is 0 Å². The fourth-order valence-electron chi connectivity index (χ4n) is 0.483. The maximum atomic E-state index is 2.96. The first-order chi connectivity index (χ1) is 3.39. The van der Waals surface area contributed by atoms with Crippen LogP contribution in [0.5, 0.6) is 0 Å². The molecule has 7 heavy (non-hydrogen) atoms. The van der Waals surface area contributed by atoms with Crippen molar-refractivity contribution in [1.82, 2.24) is 5.32 Å². The van der Waals surface area contributed by atoms with Gasteiger partial charge in [0, 0.05) is 6.42 Å². The Hall–Kier alpha value is -0.720. The molecule has 1 heterocycles. The highest BCUT2D eigenvalue weighted by atomic mass is 14.8. The van der Waals surface area contributed by atoms with E-state index in [4.69, 9.17) is 0 Å². The molecule has 0 fully saturated rings. The minimum absolute atomic E-state index is 1.27. The molecular formula is C6H8N. The van der Waals surface area contributed by atoms with Gasteiger partial charge in [0.2, 0.25) is 0 Å². The van der Waals surface area contributed by atoms with Gasteiger partial charge in [-0.1, -0.05) is 6.08 Å². The molecule has 1 nitrogen and oxygen atoms in total. The second-order valence-electron chi connectivity index (χ2n) is 1.58. The molecule has 0 bridgehead atoms. The molecule has 0 spiro atoms.